The van der Waals surface area contributed by atoms with E-state index >= 15 is 0 Å². The van der Waals surface area contributed by atoms with Crippen LogP contribution in [0.1, 0.15) is 459 Å². The molecule has 105 heavy (non-hydrogen) atoms. The highest BCUT2D eigenvalue weighted by Gasteiger charge is 2.30. The number of aliphatic hydroxyl groups is 1. The van der Waals surface area contributed by atoms with Gasteiger partial charge in [-0.05, 0) is 37.5 Å². The van der Waals surface area contributed by atoms with Crippen LogP contribution in [0.5, 0.6) is 0 Å². The third-order valence-electron chi connectivity index (χ3n) is 20.6. The van der Waals surface area contributed by atoms with E-state index in [-0.39, 0.29) is 25.7 Å². The van der Waals surface area contributed by atoms with Gasteiger partial charge in [0.1, 0.15) is 19.3 Å². The summed E-state index contributed by atoms with van der Waals surface area (Å²) >= 11 is 0. The Bertz CT molecular complexity index is 2010. The Morgan fingerprint density at radius 1 is 0.276 bits per heavy atom. The van der Waals surface area contributed by atoms with E-state index < -0.39 is 97.5 Å². The van der Waals surface area contributed by atoms with Crippen molar-refractivity contribution in [3.63, 3.8) is 0 Å². The van der Waals surface area contributed by atoms with Gasteiger partial charge in [0.2, 0.25) is 0 Å². The molecule has 17 nitrogen and oxygen atoms in total. The number of unbranched alkanes of at least 4 members (excludes halogenated alkanes) is 54. The number of carbonyl (C=O) groups is 4. The Labute approximate surface area is 645 Å². The molecule has 0 aliphatic heterocycles. The second kappa shape index (κ2) is 77.4. The molecule has 6 atom stereocenters. The number of aliphatic hydroxyl groups excluding tert-OH is 1. The van der Waals surface area contributed by atoms with Gasteiger partial charge in [0, 0.05) is 25.7 Å². The third-order valence-corrected chi connectivity index (χ3v) is 22.5. The van der Waals surface area contributed by atoms with Gasteiger partial charge in [-0.1, -0.05) is 408 Å². The van der Waals surface area contributed by atoms with Crippen LogP contribution in [0.15, 0.2) is 0 Å². The number of hydrogen-bond acceptors (Lipinski definition) is 15. The minimum atomic E-state index is -4.97. The SMILES string of the molecule is CCCCCCCCCCCCCCCCCCCCCCC(=O)O[C@H](COC(=O)CCCCCCCCCCCCCCCCCC(C)C)COP(=O)(O)OC[C@@H](O)COP(=O)(O)OC[C@@H](COC(=O)CCCCCCCCCCCCCCC)OC(=O)CCCCCCCCCCCCC(C)CC. The molecule has 0 fully saturated rings. The first kappa shape index (κ1) is 103. The Hall–Kier alpha value is -1.94. The van der Waals surface area contributed by atoms with Gasteiger partial charge in [-0.3, -0.25) is 37.3 Å². The van der Waals surface area contributed by atoms with Crippen LogP contribution in [0.25, 0.3) is 0 Å². The molecule has 0 aromatic rings. The molecule has 0 radical (unpaired) electrons. The summed E-state index contributed by atoms with van der Waals surface area (Å²) in [5.41, 5.74) is 0. The molecule has 0 aliphatic carbocycles. The molecule has 0 aromatic carbocycles. The number of carbonyl (C=O) groups excluding carboxylic acids is 4. The largest absolute Gasteiger partial charge is 0.472 e. The standard InChI is InChI=1S/C86H168O17P2/c1-7-10-12-14-16-18-20-22-23-24-25-26-27-30-35-39-46-52-58-64-70-85(90)102-81(74-97-84(89)69-63-57-51-45-38-34-31-28-29-33-36-42-48-54-60-66-78(4)5)76-100-104(92,93)98-72-80(87)73-99-105(94,95)101-77-82(75-96-83(88)68-62-56-50-44-37-32-21-19-17-15-13-11-8-2)103-86(91)71-65-59-53-47-41-40-43-49-55-61-67-79(6)9-3/h78-82,87H,7-77H2,1-6H3,(H,92,93)(H,94,95)/t79?,80-,81-,82-/m1/s1. The van der Waals surface area contributed by atoms with Crippen molar-refractivity contribution in [2.75, 3.05) is 39.6 Å². The summed E-state index contributed by atoms with van der Waals surface area (Å²) < 4.78 is 68.9. The van der Waals surface area contributed by atoms with Crippen LogP contribution in [0.3, 0.4) is 0 Å². The Kier molecular flexibility index (Phi) is 76.0. The van der Waals surface area contributed by atoms with Gasteiger partial charge in [-0.25, -0.2) is 9.13 Å². The molecule has 0 spiro atoms. The van der Waals surface area contributed by atoms with E-state index in [1.165, 1.54) is 276 Å². The van der Waals surface area contributed by atoms with Crippen LogP contribution in [-0.2, 0) is 65.4 Å². The normalized spacial score (nSPS) is 14.1. The van der Waals surface area contributed by atoms with E-state index in [4.69, 9.17) is 37.0 Å². The highest BCUT2D eigenvalue weighted by Crippen LogP contribution is 2.45. The molecule has 3 N–H and O–H groups in total. The summed E-state index contributed by atoms with van der Waals surface area (Å²) in [5.74, 6) is -0.491. The maximum absolute atomic E-state index is 13.2. The zero-order chi connectivity index (χ0) is 77.1. The van der Waals surface area contributed by atoms with Crippen molar-refractivity contribution < 1.29 is 80.2 Å². The molecule has 0 bridgehead atoms. The maximum atomic E-state index is 13.2. The average Bonchev–Trinajstić information content (AvgIpc) is 0.905. The van der Waals surface area contributed by atoms with Gasteiger partial charge in [0.05, 0.1) is 26.4 Å². The second-order valence-corrected chi connectivity index (χ2v) is 34.6. The summed E-state index contributed by atoms with van der Waals surface area (Å²) in [4.78, 5) is 73.3. The molecule has 0 amide bonds. The van der Waals surface area contributed by atoms with Crippen molar-refractivity contribution in [3.8, 4) is 0 Å². The molecule has 3 unspecified atom stereocenters. The quantitative estimate of drug-likeness (QED) is 0.0222. The number of phosphoric ester groups is 2. The second-order valence-electron chi connectivity index (χ2n) is 31.6. The fourth-order valence-corrected chi connectivity index (χ4v) is 15.0. The average molecular weight is 1540 g/mol. The number of hydrogen-bond donors (Lipinski definition) is 3. The summed E-state index contributed by atoms with van der Waals surface area (Å²) in [6.45, 7) is 9.73. The van der Waals surface area contributed by atoms with Crippen molar-refractivity contribution in [3.05, 3.63) is 0 Å². The maximum Gasteiger partial charge on any atom is 0.472 e. The van der Waals surface area contributed by atoms with Crippen LogP contribution < -0.4 is 0 Å². The molecular weight excluding hydrogens is 1370 g/mol. The van der Waals surface area contributed by atoms with Crippen LogP contribution in [0.4, 0.5) is 0 Å². The van der Waals surface area contributed by atoms with E-state index in [1.54, 1.807) is 0 Å². The van der Waals surface area contributed by atoms with E-state index in [0.717, 1.165) is 102 Å². The fraction of sp³-hybridized carbons (Fsp3) is 0.953. The molecule has 0 saturated carbocycles. The Balaban J connectivity index is 5.26. The molecule has 0 saturated heterocycles. The summed E-state index contributed by atoms with van der Waals surface area (Å²) in [5, 5.41) is 10.7. The minimum Gasteiger partial charge on any atom is -0.462 e. The smallest absolute Gasteiger partial charge is 0.462 e. The summed E-state index contributed by atoms with van der Waals surface area (Å²) in [6, 6.07) is 0. The van der Waals surface area contributed by atoms with E-state index in [9.17, 15) is 43.2 Å². The minimum absolute atomic E-state index is 0.107. The van der Waals surface area contributed by atoms with Gasteiger partial charge in [0.15, 0.2) is 12.2 Å². The van der Waals surface area contributed by atoms with Crippen LogP contribution in [0, 0.1) is 11.8 Å². The van der Waals surface area contributed by atoms with Gasteiger partial charge in [-0.2, -0.15) is 0 Å². The highest BCUT2D eigenvalue weighted by atomic mass is 31.2. The molecule has 0 aromatic heterocycles. The highest BCUT2D eigenvalue weighted by molar-refractivity contribution is 7.47. The van der Waals surface area contributed by atoms with Gasteiger partial charge < -0.3 is 33.8 Å². The lowest BCUT2D eigenvalue weighted by atomic mass is 9.99. The number of esters is 4. The first-order valence-corrected chi connectivity index (χ1v) is 47.5. The Morgan fingerprint density at radius 3 is 0.724 bits per heavy atom. The van der Waals surface area contributed by atoms with Crippen molar-refractivity contribution >= 4 is 39.5 Å². The molecule has 0 aliphatic rings. The molecule has 0 heterocycles. The first-order chi connectivity index (χ1) is 50.9. The topological polar surface area (TPSA) is 237 Å². The first-order valence-electron chi connectivity index (χ1n) is 44.5. The summed E-state index contributed by atoms with van der Waals surface area (Å²) in [7, 11) is -9.93. The van der Waals surface area contributed by atoms with Gasteiger partial charge in [-0.15, -0.1) is 0 Å². The number of phosphoric acid groups is 2. The molecule has 19 heteroatoms. The fourth-order valence-electron chi connectivity index (χ4n) is 13.4. The van der Waals surface area contributed by atoms with Crippen LogP contribution >= 0.6 is 15.6 Å². The van der Waals surface area contributed by atoms with Crippen LogP contribution in [0.2, 0.25) is 0 Å². The van der Waals surface area contributed by atoms with E-state index in [1.807, 2.05) is 0 Å². The van der Waals surface area contributed by atoms with Crippen LogP contribution in [-0.4, -0.2) is 96.7 Å². The summed E-state index contributed by atoms with van der Waals surface area (Å²) in [6.07, 6.45) is 69.3. The molecule has 624 valence electrons. The van der Waals surface area contributed by atoms with Gasteiger partial charge in [0.25, 0.3) is 0 Å². The zero-order valence-corrected chi connectivity index (χ0v) is 70.8. The van der Waals surface area contributed by atoms with E-state index in [2.05, 4.69) is 41.5 Å². The third kappa shape index (κ3) is 78.5. The van der Waals surface area contributed by atoms with Crippen molar-refractivity contribution in [2.24, 2.45) is 11.8 Å². The number of rotatable bonds is 85. The molecule has 0 rings (SSSR count). The van der Waals surface area contributed by atoms with Crippen molar-refractivity contribution in [1.29, 1.82) is 0 Å². The number of ether oxygens (including phenoxy) is 4. The Morgan fingerprint density at radius 2 is 0.486 bits per heavy atom. The van der Waals surface area contributed by atoms with Crippen molar-refractivity contribution in [2.45, 2.75) is 477 Å². The van der Waals surface area contributed by atoms with Gasteiger partial charge >= 0.3 is 39.5 Å². The molecular formula is C86H168O17P2. The van der Waals surface area contributed by atoms with Crippen molar-refractivity contribution in [1.82, 2.24) is 0 Å². The lowest BCUT2D eigenvalue weighted by molar-refractivity contribution is -0.161. The predicted molar refractivity (Wildman–Crippen MR) is 432 cm³/mol. The predicted octanol–water partition coefficient (Wildman–Crippen LogP) is 26.2. The lowest BCUT2D eigenvalue weighted by Gasteiger charge is -2.21. The van der Waals surface area contributed by atoms with E-state index in [0.29, 0.717) is 25.7 Å². The zero-order valence-electron chi connectivity index (χ0n) is 69.0. The monoisotopic (exact) mass is 1540 g/mol. The lowest BCUT2D eigenvalue weighted by Crippen LogP contribution is -2.30.